The molecule has 0 aliphatic rings. The van der Waals surface area contributed by atoms with Crippen LogP contribution >= 0.6 is 0 Å². The molecule has 3 aromatic rings. The molecule has 1 amide bonds. The Morgan fingerprint density at radius 1 is 0.938 bits per heavy atom. The number of ether oxygens (including phenoxy) is 1. The van der Waals surface area contributed by atoms with Crippen LogP contribution in [0.25, 0.3) is 0 Å². The fourth-order valence-electron chi connectivity index (χ4n) is 3.20. The van der Waals surface area contributed by atoms with Crippen LogP contribution in [0.2, 0.25) is 0 Å². The molecule has 32 heavy (non-hydrogen) atoms. The minimum Gasteiger partial charge on any atom is -0.492 e. The highest BCUT2D eigenvalue weighted by Crippen LogP contribution is 2.27. The second-order valence-electron chi connectivity index (χ2n) is 7.57. The van der Waals surface area contributed by atoms with Crippen LogP contribution in [0.5, 0.6) is 5.75 Å². The van der Waals surface area contributed by atoms with E-state index in [0.29, 0.717) is 23.7 Å². The Morgan fingerprint density at radius 2 is 1.62 bits per heavy atom. The summed E-state index contributed by atoms with van der Waals surface area (Å²) in [5, 5.41) is 2.78. The first-order chi connectivity index (χ1) is 15.2. The smallest absolute Gasteiger partial charge is 0.264 e. The zero-order valence-electron chi connectivity index (χ0n) is 18.8. The van der Waals surface area contributed by atoms with Crippen LogP contribution in [0, 0.1) is 20.8 Å². The zero-order valence-corrected chi connectivity index (χ0v) is 19.6. The van der Waals surface area contributed by atoms with E-state index in [9.17, 15) is 13.2 Å². The summed E-state index contributed by atoms with van der Waals surface area (Å²) in [6.07, 6.45) is 0. The number of para-hydroxylation sites is 2. The van der Waals surface area contributed by atoms with Gasteiger partial charge in [0.1, 0.15) is 12.3 Å². The van der Waals surface area contributed by atoms with Crippen molar-refractivity contribution in [1.82, 2.24) is 0 Å². The molecule has 0 unspecified atom stereocenters. The highest BCUT2D eigenvalue weighted by molar-refractivity contribution is 7.92. The average Bonchev–Trinajstić information content (AvgIpc) is 2.76. The summed E-state index contributed by atoms with van der Waals surface area (Å²) in [5.41, 5.74) is 3.85. The van der Waals surface area contributed by atoms with Crippen LogP contribution < -0.4 is 14.4 Å². The molecular formula is C25H28N2O4S. The summed E-state index contributed by atoms with van der Waals surface area (Å²) in [4.78, 5) is 13.1. The Labute approximate surface area is 189 Å². The van der Waals surface area contributed by atoms with E-state index >= 15 is 0 Å². The number of anilines is 2. The van der Waals surface area contributed by atoms with Crippen molar-refractivity contribution < 1.29 is 17.9 Å². The highest BCUT2D eigenvalue weighted by Gasteiger charge is 2.27. The first-order valence-electron chi connectivity index (χ1n) is 10.4. The fraction of sp³-hybridized carbons (Fsp3) is 0.240. The van der Waals surface area contributed by atoms with Gasteiger partial charge in [0.15, 0.2) is 0 Å². The predicted octanol–water partition coefficient (Wildman–Crippen LogP) is 4.84. The van der Waals surface area contributed by atoms with E-state index in [4.69, 9.17) is 4.74 Å². The van der Waals surface area contributed by atoms with Gasteiger partial charge in [-0.1, -0.05) is 35.9 Å². The molecule has 0 aliphatic carbocycles. The Morgan fingerprint density at radius 3 is 2.28 bits per heavy atom. The van der Waals surface area contributed by atoms with E-state index < -0.39 is 15.9 Å². The SMILES string of the molecule is CCOc1ccccc1NC(=O)CN(c1ccc(C)c(C)c1)S(=O)(=O)c1ccc(C)cc1. The molecule has 168 valence electrons. The largest absolute Gasteiger partial charge is 0.492 e. The van der Waals surface area contributed by atoms with Crippen LogP contribution in [0.15, 0.2) is 71.6 Å². The molecule has 0 aliphatic heterocycles. The summed E-state index contributed by atoms with van der Waals surface area (Å²) >= 11 is 0. The lowest BCUT2D eigenvalue weighted by molar-refractivity contribution is -0.114. The second kappa shape index (κ2) is 9.87. The molecule has 0 radical (unpaired) electrons. The molecule has 1 N–H and O–H groups in total. The minimum absolute atomic E-state index is 0.129. The monoisotopic (exact) mass is 452 g/mol. The molecule has 0 aromatic heterocycles. The Bertz CT molecular complexity index is 1200. The van der Waals surface area contributed by atoms with Gasteiger partial charge < -0.3 is 10.1 Å². The molecule has 0 bridgehead atoms. The molecule has 0 saturated heterocycles. The molecule has 0 spiro atoms. The fourth-order valence-corrected chi connectivity index (χ4v) is 4.62. The summed E-state index contributed by atoms with van der Waals surface area (Å²) in [7, 11) is -3.97. The molecule has 3 aromatic carbocycles. The molecule has 3 rings (SSSR count). The van der Waals surface area contributed by atoms with Gasteiger partial charge in [-0.2, -0.15) is 0 Å². The number of rotatable bonds is 8. The number of nitrogens with zero attached hydrogens (tertiary/aromatic N) is 1. The van der Waals surface area contributed by atoms with E-state index in [1.807, 2.05) is 39.8 Å². The van der Waals surface area contributed by atoms with Crippen LogP contribution in [0.3, 0.4) is 0 Å². The summed E-state index contributed by atoms with van der Waals surface area (Å²) in [6.45, 7) is 7.68. The molecular weight excluding hydrogens is 424 g/mol. The highest BCUT2D eigenvalue weighted by atomic mass is 32.2. The van der Waals surface area contributed by atoms with Crippen LogP contribution in [-0.2, 0) is 14.8 Å². The molecule has 0 fully saturated rings. The van der Waals surface area contributed by atoms with Gasteiger partial charge in [0.05, 0.1) is 22.9 Å². The predicted molar refractivity (Wildman–Crippen MR) is 128 cm³/mol. The third-order valence-electron chi connectivity index (χ3n) is 5.14. The third kappa shape index (κ3) is 5.29. The summed E-state index contributed by atoms with van der Waals surface area (Å²) in [6, 6.07) is 19.0. The first kappa shape index (κ1) is 23.3. The van der Waals surface area contributed by atoms with Gasteiger partial charge in [-0.15, -0.1) is 0 Å². The summed E-state index contributed by atoms with van der Waals surface area (Å²) < 4.78 is 33.7. The number of amides is 1. The third-order valence-corrected chi connectivity index (χ3v) is 6.92. The molecule has 0 atom stereocenters. The van der Waals surface area contributed by atoms with Crippen molar-refractivity contribution in [3.8, 4) is 5.75 Å². The Kier molecular flexibility index (Phi) is 7.20. The van der Waals surface area contributed by atoms with Crippen molar-refractivity contribution in [1.29, 1.82) is 0 Å². The number of benzene rings is 3. The average molecular weight is 453 g/mol. The second-order valence-corrected chi connectivity index (χ2v) is 9.43. The van der Waals surface area contributed by atoms with Gasteiger partial charge >= 0.3 is 0 Å². The van der Waals surface area contributed by atoms with Gasteiger partial charge in [0.2, 0.25) is 5.91 Å². The lowest BCUT2D eigenvalue weighted by Crippen LogP contribution is -2.38. The van der Waals surface area contributed by atoms with E-state index in [0.717, 1.165) is 21.0 Å². The van der Waals surface area contributed by atoms with E-state index in [2.05, 4.69) is 5.32 Å². The van der Waals surface area contributed by atoms with Gasteiger partial charge in [-0.05, 0) is 75.2 Å². The quantitative estimate of drug-likeness (QED) is 0.530. The van der Waals surface area contributed by atoms with Crippen molar-refractivity contribution in [2.24, 2.45) is 0 Å². The lowest BCUT2D eigenvalue weighted by Gasteiger charge is -2.25. The molecule has 0 heterocycles. The maximum Gasteiger partial charge on any atom is 0.264 e. The van der Waals surface area contributed by atoms with E-state index in [-0.39, 0.29) is 11.4 Å². The molecule has 7 heteroatoms. The topological polar surface area (TPSA) is 75.7 Å². The number of sulfonamides is 1. The Balaban J connectivity index is 1.97. The van der Waals surface area contributed by atoms with Crippen LogP contribution in [0.4, 0.5) is 11.4 Å². The van der Waals surface area contributed by atoms with Crippen LogP contribution in [-0.4, -0.2) is 27.5 Å². The number of hydrogen-bond donors (Lipinski definition) is 1. The molecule has 6 nitrogen and oxygen atoms in total. The maximum atomic E-state index is 13.5. The molecule has 0 saturated carbocycles. The first-order valence-corrected chi connectivity index (χ1v) is 11.8. The van der Waals surface area contributed by atoms with Gasteiger partial charge in [-0.25, -0.2) is 8.42 Å². The Hall–Kier alpha value is -3.32. The van der Waals surface area contributed by atoms with Gasteiger partial charge in [0.25, 0.3) is 10.0 Å². The van der Waals surface area contributed by atoms with Crippen molar-refractivity contribution >= 4 is 27.3 Å². The van der Waals surface area contributed by atoms with E-state index in [1.54, 1.807) is 54.6 Å². The van der Waals surface area contributed by atoms with Gasteiger partial charge in [0, 0.05) is 0 Å². The lowest BCUT2D eigenvalue weighted by atomic mass is 10.1. The minimum atomic E-state index is -3.97. The maximum absolute atomic E-state index is 13.5. The number of hydrogen-bond acceptors (Lipinski definition) is 4. The standard InChI is InChI=1S/C25H28N2O4S/c1-5-31-24-9-7-6-8-23(24)26-25(28)17-27(21-13-12-19(3)20(4)16-21)32(29,30)22-14-10-18(2)11-15-22/h6-16H,5,17H2,1-4H3,(H,26,28). The summed E-state index contributed by atoms with van der Waals surface area (Å²) in [5.74, 6) is 0.0635. The van der Waals surface area contributed by atoms with Crippen molar-refractivity contribution in [3.63, 3.8) is 0 Å². The van der Waals surface area contributed by atoms with E-state index in [1.165, 1.54) is 0 Å². The number of carbonyl (C=O) groups is 1. The number of nitrogens with one attached hydrogen (secondary N) is 1. The zero-order chi connectivity index (χ0) is 23.3. The van der Waals surface area contributed by atoms with Gasteiger partial charge in [-0.3, -0.25) is 9.10 Å². The number of carbonyl (C=O) groups excluding carboxylic acids is 1. The van der Waals surface area contributed by atoms with Crippen molar-refractivity contribution in [2.45, 2.75) is 32.6 Å². The van der Waals surface area contributed by atoms with Crippen molar-refractivity contribution in [2.75, 3.05) is 22.8 Å². The van der Waals surface area contributed by atoms with Crippen LogP contribution in [0.1, 0.15) is 23.6 Å². The van der Waals surface area contributed by atoms with Crippen molar-refractivity contribution in [3.05, 3.63) is 83.4 Å². The number of aryl methyl sites for hydroxylation is 3. The normalized spacial score (nSPS) is 11.1.